The highest BCUT2D eigenvalue weighted by molar-refractivity contribution is 6.01. The van der Waals surface area contributed by atoms with Crippen LogP contribution in [0.5, 0.6) is 5.75 Å². The predicted octanol–water partition coefficient (Wildman–Crippen LogP) is 4.08. The van der Waals surface area contributed by atoms with Crippen LogP contribution in [0.15, 0.2) is 66.7 Å². The summed E-state index contributed by atoms with van der Waals surface area (Å²) in [4.78, 5) is 13.6. The Bertz CT molecular complexity index is 1090. The number of hydrogen-bond donors (Lipinski definition) is 3. The van der Waals surface area contributed by atoms with Crippen molar-refractivity contribution in [3.63, 3.8) is 0 Å². The van der Waals surface area contributed by atoms with Gasteiger partial charge in [-0.15, -0.1) is 15.0 Å². The summed E-state index contributed by atoms with van der Waals surface area (Å²) < 4.78 is 0. The predicted molar refractivity (Wildman–Crippen MR) is 104 cm³/mol. The van der Waals surface area contributed by atoms with Gasteiger partial charge in [-0.2, -0.15) is 0 Å². The Balaban J connectivity index is 1.65. The van der Waals surface area contributed by atoms with E-state index in [2.05, 4.69) is 20.8 Å². The van der Waals surface area contributed by atoms with Crippen LogP contribution < -0.4 is 10.6 Å². The Morgan fingerprint density at radius 2 is 1.56 bits per heavy atom. The van der Waals surface area contributed by atoms with Crippen LogP contribution in [0.4, 0.5) is 16.2 Å². The summed E-state index contributed by atoms with van der Waals surface area (Å²) in [6.07, 6.45) is 0. The molecular weight excluding hydrogens is 342 g/mol. The molecule has 0 fully saturated rings. The average molecular weight is 359 g/mol. The van der Waals surface area contributed by atoms with Gasteiger partial charge in [0.2, 0.25) is 0 Å². The molecule has 0 radical (unpaired) electrons. The van der Waals surface area contributed by atoms with Gasteiger partial charge in [-0.05, 0) is 48.9 Å². The van der Waals surface area contributed by atoms with Crippen LogP contribution in [0.25, 0.3) is 16.7 Å². The number of nitrogens with one attached hydrogen (secondary N) is 2. The lowest BCUT2D eigenvalue weighted by molar-refractivity contribution is 0.262. The van der Waals surface area contributed by atoms with Gasteiger partial charge < -0.3 is 15.7 Å². The third kappa shape index (κ3) is 3.43. The summed E-state index contributed by atoms with van der Waals surface area (Å²) in [5.41, 5.74) is 3.60. The SMILES string of the molecule is Cc1cc(NC(=O)Nc2ccccc2)c(O)c(-n2nc3ccccc3n2)c1. The number of phenols is 1. The molecule has 0 aliphatic rings. The number of nitrogens with zero attached hydrogens (tertiary/aromatic N) is 3. The number of aromatic nitrogens is 3. The van der Waals surface area contributed by atoms with Gasteiger partial charge in [0.05, 0.1) is 5.69 Å². The number of aryl methyl sites for hydroxylation is 1. The number of amides is 2. The summed E-state index contributed by atoms with van der Waals surface area (Å²) in [5, 5.41) is 24.8. The van der Waals surface area contributed by atoms with Crippen LogP contribution in [0.3, 0.4) is 0 Å². The number of aromatic hydroxyl groups is 1. The molecule has 4 aromatic rings. The lowest BCUT2D eigenvalue weighted by Crippen LogP contribution is -2.19. The first-order valence-electron chi connectivity index (χ1n) is 8.39. The van der Waals surface area contributed by atoms with Crippen molar-refractivity contribution in [3.05, 3.63) is 72.3 Å². The third-order valence-electron chi connectivity index (χ3n) is 4.02. The molecular formula is C20H17N5O2. The second kappa shape index (κ2) is 6.80. The van der Waals surface area contributed by atoms with Crippen LogP contribution in [0, 0.1) is 6.92 Å². The van der Waals surface area contributed by atoms with Crippen LogP contribution >= 0.6 is 0 Å². The second-order valence-electron chi connectivity index (χ2n) is 6.10. The minimum absolute atomic E-state index is 0.107. The van der Waals surface area contributed by atoms with Gasteiger partial charge in [-0.1, -0.05) is 30.3 Å². The van der Waals surface area contributed by atoms with E-state index in [1.807, 2.05) is 49.4 Å². The number of carbonyl (C=O) groups excluding carboxylic acids is 1. The number of benzene rings is 3. The number of carbonyl (C=O) groups is 1. The Morgan fingerprint density at radius 3 is 2.22 bits per heavy atom. The second-order valence-corrected chi connectivity index (χ2v) is 6.10. The lowest BCUT2D eigenvalue weighted by Gasteiger charge is -2.12. The monoisotopic (exact) mass is 359 g/mol. The molecule has 3 N–H and O–H groups in total. The van der Waals surface area contributed by atoms with Gasteiger partial charge in [0.15, 0.2) is 5.75 Å². The molecule has 27 heavy (non-hydrogen) atoms. The van der Waals surface area contributed by atoms with Gasteiger partial charge in [0.1, 0.15) is 16.7 Å². The first-order valence-corrected chi connectivity index (χ1v) is 8.39. The van der Waals surface area contributed by atoms with Gasteiger partial charge >= 0.3 is 6.03 Å². The smallest absolute Gasteiger partial charge is 0.323 e. The fraction of sp³-hybridized carbons (Fsp3) is 0.0500. The first-order chi connectivity index (χ1) is 13.1. The maximum Gasteiger partial charge on any atom is 0.323 e. The van der Waals surface area contributed by atoms with Gasteiger partial charge in [0, 0.05) is 5.69 Å². The highest BCUT2D eigenvalue weighted by atomic mass is 16.3. The molecule has 0 aliphatic heterocycles. The molecule has 0 aliphatic carbocycles. The molecule has 0 atom stereocenters. The number of phenolic OH excluding ortho intramolecular Hbond substituents is 1. The van der Waals surface area contributed by atoms with Crippen molar-refractivity contribution >= 4 is 28.4 Å². The van der Waals surface area contributed by atoms with E-state index in [0.29, 0.717) is 11.4 Å². The molecule has 7 nitrogen and oxygen atoms in total. The molecule has 1 aromatic heterocycles. The van der Waals surface area contributed by atoms with Crippen molar-refractivity contribution in [2.24, 2.45) is 0 Å². The number of urea groups is 1. The zero-order chi connectivity index (χ0) is 18.8. The fourth-order valence-electron chi connectivity index (χ4n) is 2.78. The Hall–Kier alpha value is -3.87. The number of hydrogen-bond acceptors (Lipinski definition) is 4. The number of fused-ring (bicyclic) bond motifs is 1. The maximum atomic E-state index is 12.3. The highest BCUT2D eigenvalue weighted by Gasteiger charge is 2.15. The fourth-order valence-corrected chi connectivity index (χ4v) is 2.78. The average Bonchev–Trinajstić information content (AvgIpc) is 3.09. The summed E-state index contributed by atoms with van der Waals surface area (Å²) in [5.74, 6) is -0.107. The van der Waals surface area contributed by atoms with E-state index >= 15 is 0 Å². The molecule has 4 rings (SSSR count). The van der Waals surface area contributed by atoms with E-state index in [0.717, 1.165) is 16.6 Å². The van der Waals surface area contributed by atoms with Gasteiger partial charge in [-0.25, -0.2) is 4.79 Å². The Labute approximate surface area is 155 Å². The molecule has 7 heteroatoms. The van der Waals surface area contributed by atoms with Crippen molar-refractivity contribution in [2.75, 3.05) is 10.6 Å². The lowest BCUT2D eigenvalue weighted by atomic mass is 10.1. The van der Waals surface area contributed by atoms with Crippen molar-refractivity contribution < 1.29 is 9.90 Å². The molecule has 1 heterocycles. The molecule has 3 aromatic carbocycles. The van der Waals surface area contributed by atoms with E-state index in [1.54, 1.807) is 24.3 Å². The molecule has 2 amide bonds. The van der Waals surface area contributed by atoms with Crippen molar-refractivity contribution in [1.29, 1.82) is 0 Å². The summed E-state index contributed by atoms with van der Waals surface area (Å²) in [7, 11) is 0. The van der Waals surface area contributed by atoms with E-state index in [9.17, 15) is 9.90 Å². The highest BCUT2D eigenvalue weighted by Crippen LogP contribution is 2.32. The normalized spacial score (nSPS) is 10.7. The van der Waals surface area contributed by atoms with Gasteiger partial charge in [0.25, 0.3) is 0 Å². The zero-order valence-electron chi connectivity index (χ0n) is 14.5. The quantitative estimate of drug-likeness (QED) is 0.481. The Morgan fingerprint density at radius 1 is 0.926 bits per heavy atom. The summed E-state index contributed by atoms with van der Waals surface area (Å²) in [6, 6.07) is 19.5. The minimum Gasteiger partial charge on any atom is -0.504 e. The number of para-hydroxylation sites is 1. The van der Waals surface area contributed by atoms with Crippen LogP contribution in [0.2, 0.25) is 0 Å². The van der Waals surface area contributed by atoms with E-state index in [1.165, 1.54) is 4.80 Å². The molecule has 0 spiro atoms. The third-order valence-corrected chi connectivity index (χ3v) is 4.02. The van der Waals surface area contributed by atoms with E-state index in [-0.39, 0.29) is 11.4 Å². The maximum absolute atomic E-state index is 12.3. The van der Waals surface area contributed by atoms with Crippen molar-refractivity contribution in [1.82, 2.24) is 15.0 Å². The van der Waals surface area contributed by atoms with Gasteiger partial charge in [-0.3, -0.25) is 0 Å². The summed E-state index contributed by atoms with van der Waals surface area (Å²) >= 11 is 0. The topological polar surface area (TPSA) is 92.1 Å². The molecule has 0 unspecified atom stereocenters. The van der Waals surface area contributed by atoms with E-state index in [4.69, 9.17) is 0 Å². The minimum atomic E-state index is -0.452. The largest absolute Gasteiger partial charge is 0.504 e. The van der Waals surface area contributed by atoms with E-state index < -0.39 is 6.03 Å². The first kappa shape index (κ1) is 16.6. The van der Waals surface area contributed by atoms with Crippen molar-refractivity contribution in [2.45, 2.75) is 6.92 Å². The standard InChI is InChI=1S/C20H17N5O2/c1-13-11-17(22-20(27)21-14-7-3-2-4-8-14)19(26)18(12-13)25-23-15-9-5-6-10-16(15)24-25/h2-12,26H,1H3,(H2,21,22,27). The Kier molecular flexibility index (Phi) is 4.18. The number of rotatable bonds is 3. The van der Waals surface area contributed by atoms with Crippen molar-refractivity contribution in [3.8, 4) is 11.4 Å². The molecule has 0 bridgehead atoms. The summed E-state index contributed by atoms with van der Waals surface area (Å²) in [6.45, 7) is 1.87. The van der Waals surface area contributed by atoms with Crippen LogP contribution in [0.1, 0.15) is 5.56 Å². The molecule has 134 valence electrons. The van der Waals surface area contributed by atoms with Crippen LogP contribution in [-0.4, -0.2) is 26.1 Å². The number of anilines is 2. The molecule has 0 saturated heterocycles. The van der Waals surface area contributed by atoms with Crippen LogP contribution in [-0.2, 0) is 0 Å². The molecule has 0 saturated carbocycles. The zero-order valence-corrected chi connectivity index (χ0v) is 14.5.